The molecular formula is C29H32N4O6S. The van der Waals surface area contributed by atoms with Crippen molar-refractivity contribution in [3.8, 4) is 5.75 Å². The summed E-state index contributed by atoms with van der Waals surface area (Å²) in [6.45, 7) is 6.06. The van der Waals surface area contributed by atoms with E-state index in [1.54, 1.807) is 56.3 Å². The van der Waals surface area contributed by atoms with Crippen molar-refractivity contribution in [1.82, 2.24) is 14.6 Å². The molecule has 1 aromatic heterocycles. The van der Waals surface area contributed by atoms with Crippen LogP contribution in [0.1, 0.15) is 13.8 Å². The molecule has 10 nitrogen and oxygen atoms in total. The fourth-order valence-corrected chi connectivity index (χ4v) is 6.24. The van der Waals surface area contributed by atoms with E-state index in [1.165, 1.54) is 6.07 Å². The largest absolute Gasteiger partial charge is 0.495 e. The van der Waals surface area contributed by atoms with Crippen LogP contribution in [0.4, 0.5) is 5.69 Å². The molecule has 11 heteroatoms. The predicted molar refractivity (Wildman–Crippen MR) is 151 cm³/mol. The quantitative estimate of drug-likeness (QED) is 0.454. The maximum absolute atomic E-state index is 13.5. The number of carbonyl (C=O) groups is 1. The molecule has 1 amide bonds. The van der Waals surface area contributed by atoms with Gasteiger partial charge in [0.2, 0.25) is 0 Å². The number of nitrogens with one attached hydrogen (secondary N) is 1. The van der Waals surface area contributed by atoms with Gasteiger partial charge in [0.05, 0.1) is 29.6 Å². The molecule has 2 aliphatic rings. The SMILES string of the molecule is COc1ccccc1N1CCN(C(=O)/C(C)=C2\OCCO\C2=C(\C)NS(=O)(=O)c2cccc3cccnc23)CC1. The molecule has 210 valence electrons. The number of allylic oxidation sites excluding steroid dienone is 1. The van der Waals surface area contributed by atoms with Crippen LogP contribution in [0, 0.1) is 0 Å². The van der Waals surface area contributed by atoms with E-state index in [9.17, 15) is 13.2 Å². The number of aromatic nitrogens is 1. The monoisotopic (exact) mass is 564 g/mol. The summed E-state index contributed by atoms with van der Waals surface area (Å²) in [6.07, 6.45) is 1.55. The van der Waals surface area contributed by atoms with Gasteiger partial charge in [-0.1, -0.05) is 30.3 Å². The van der Waals surface area contributed by atoms with Crippen LogP contribution in [0.3, 0.4) is 0 Å². The van der Waals surface area contributed by atoms with Crippen molar-refractivity contribution in [2.75, 3.05) is 51.4 Å². The van der Waals surface area contributed by atoms with Crippen LogP contribution in [-0.2, 0) is 24.3 Å². The Hall–Kier alpha value is -4.25. The van der Waals surface area contributed by atoms with Crippen molar-refractivity contribution in [3.63, 3.8) is 0 Å². The first-order valence-corrected chi connectivity index (χ1v) is 14.5. The number of piperazine rings is 1. The fourth-order valence-electron chi connectivity index (χ4n) is 4.95. The molecule has 0 saturated carbocycles. The van der Waals surface area contributed by atoms with Gasteiger partial charge in [0, 0.05) is 37.8 Å². The molecule has 40 heavy (non-hydrogen) atoms. The number of fused-ring (bicyclic) bond motifs is 1. The van der Waals surface area contributed by atoms with Crippen molar-refractivity contribution < 1.29 is 27.4 Å². The Morgan fingerprint density at radius 3 is 2.38 bits per heavy atom. The summed E-state index contributed by atoms with van der Waals surface area (Å²) in [5, 5.41) is 0.709. The molecule has 0 bridgehead atoms. The maximum Gasteiger partial charge on any atom is 0.263 e. The van der Waals surface area contributed by atoms with Gasteiger partial charge < -0.3 is 24.0 Å². The molecule has 0 aliphatic carbocycles. The number of anilines is 1. The molecule has 2 saturated heterocycles. The van der Waals surface area contributed by atoms with Gasteiger partial charge in [0.1, 0.15) is 23.9 Å². The summed E-state index contributed by atoms with van der Waals surface area (Å²) in [6, 6.07) is 16.3. The van der Waals surface area contributed by atoms with E-state index in [2.05, 4.69) is 14.6 Å². The topological polar surface area (TPSA) is 110 Å². The zero-order chi connectivity index (χ0) is 28.3. The van der Waals surface area contributed by atoms with Crippen molar-refractivity contribution >= 4 is 32.5 Å². The van der Waals surface area contributed by atoms with E-state index in [1.807, 2.05) is 24.3 Å². The number of pyridine rings is 1. The minimum atomic E-state index is -4.00. The molecule has 0 radical (unpaired) electrons. The molecular weight excluding hydrogens is 532 g/mol. The van der Waals surface area contributed by atoms with Gasteiger partial charge in [-0.2, -0.15) is 0 Å². The molecule has 1 N–H and O–H groups in total. The molecule has 2 aliphatic heterocycles. The second kappa shape index (κ2) is 11.5. The lowest BCUT2D eigenvalue weighted by atomic mass is 10.1. The third-order valence-corrected chi connectivity index (χ3v) is 8.43. The minimum Gasteiger partial charge on any atom is -0.495 e. The third-order valence-electron chi connectivity index (χ3n) is 6.95. The number of sulfonamides is 1. The van der Waals surface area contributed by atoms with Crippen LogP contribution in [0.2, 0.25) is 0 Å². The molecule has 2 aromatic carbocycles. The summed E-state index contributed by atoms with van der Waals surface area (Å²) in [5.41, 5.74) is 1.93. The number of hydrogen-bond donors (Lipinski definition) is 1. The molecule has 3 aromatic rings. The highest BCUT2D eigenvalue weighted by Crippen LogP contribution is 2.30. The van der Waals surface area contributed by atoms with Gasteiger partial charge in [-0.25, -0.2) is 8.42 Å². The van der Waals surface area contributed by atoms with E-state index in [0.29, 0.717) is 42.7 Å². The lowest BCUT2D eigenvalue weighted by Crippen LogP contribution is -2.49. The Balaban J connectivity index is 1.36. The molecule has 5 rings (SSSR count). The number of para-hydroxylation sites is 3. The van der Waals surface area contributed by atoms with Crippen LogP contribution < -0.4 is 14.4 Å². The first kappa shape index (κ1) is 27.3. The Kier molecular flexibility index (Phi) is 7.83. The molecule has 2 fully saturated rings. The number of carbonyl (C=O) groups excluding carboxylic acids is 1. The van der Waals surface area contributed by atoms with E-state index < -0.39 is 10.0 Å². The van der Waals surface area contributed by atoms with Crippen molar-refractivity contribution in [1.29, 1.82) is 0 Å². The maximum atomic E-state index is 13.5. The van der Waals surface area contributed by atoms with Gasteiger partial charge >= 0.3 is 0 Å². The Morgan fingerprint density at radius 2 is 1.62 bits per heavy atom. The zero-order valence-electron chi connectivity index (χ0n) is 22.7. The summed E-state index contributed by atoms with van der Waals surface area (Å²) >= 11 is 0. The fraction of sp³-hybridized carbons (Fsp3) is 0.310. The van der Waals surface area contributed by atoms with E-state index in [0.717, 1.165) is 11.4 Å². The predicted octanol–water partition coefficient (Wildman–Crippen LogP) is 3.42. The first-order valence-electron chi connectivity index (χ1n) is 13.0. The van der Waals surface area contributed by atoms with Crippen molar-refractivity contribution in [3.05, 3.63) is 83.6 Å². The highest BCUT2D eigenvalue weighted by atomic mass is 32.2. The van der Waals surface area contributed by atoms with Gasteiger partial charge in [0.15, 0.2) is 11.5 Å². The number of hydrogen-bond acceptors (Lipinski definition) is 8. The van der Waals surface area contributed by atoms with Crippen molar-refractivity contribution in [2.24, 2.45) is 0 Å². The van der Waals surface area contributed by atoms with Crippen LogP contribution in [0.5, 0.6) is 5.75 Å². The molecule has 0 unspecified atom stereocenters. The summed E-state index contributed by atoms with van der Waals surface area (Å²) in [5.74, 6) is 1.04. The molecule has 0 spiro atoms. The Bertz CT molecular complexity index is 1590. The molecule has 0 atom stereocenters. The summed E-state index contributed by atoms with van der Waals surface area (Å²) in [4.78, 5) is 21.8. The Morgan fingerprint density at radius 1 is 0.925 bits per heavy atom. The number of nitrogens with zero attached hydrogens (tertiary/aromatic N) is 3. The number of rotatable bonds is 6. The highest BCUT2D eigenvalue weighted by Gasteiger charge is 2.30. The standard InChI is InChI=1S/C29H32N4O6S/c1-20(29(34)33-16-14-32(15-17-33)23-10-4-5-11-24(23)37-3)27-28(39-19-18-38-27)21(2)31-40(35,36)25-12-6-8-22-9-7-13-30-26(22)25/h4-13,31H,14-19H2,1-3H3/b27-20-,28-21-. The smallest absolute Gasteiger partial charge is 0.263 e. The van der Waals surface area contributed by atoms with Crippen LogP contribution in [0.15, 0.2) is 88.5 Å². The van der Waals surface area contributed by atoms with Gasteiger partial charge in [-0.15, -0.1) is 0 Å². The van der Waals surface area contributed by atoms with Gasteiger partial charge in [-0.3, -0.25) is 14.5 Å². The van der Waals surface area contributed by atoms with Crippen molar-refractivity contribution in [2.45, 2.75) is 18.7 Å². The highest BCUT2D eigenvalue weighted by molar-refractivity contribution is 7.89. The minimum absolute atomic E-state index is 0.0496. The number of amides is 1. The Labute approximate surface area is 233 Å². The van der Waals surface area contributed by atoms with Gasteiger partial charge in [-0.05, 0) is 38.1 Å². The van der Waals surface area contributed by atoms with Gasteiger partial charge in [0.25, 0.3) is 15.9 Å². The van der Waals surface area contributed by atoms with Crippen LogP contribution in [0.25, 0.3) is 10.9 Å². The second-order valence-electron chi connectivity index (χ2n) is 9.49. The average Bonchev–Trinajstić information content (AvgIpc) is 2.99. The number of benzene rings is 2. The summed E-state index contributed by atoms with van der Waals surface area (Å²) in [7, 11) is -2.36. The van der Waals surface area contributed by atoms with Crippen LogP contribution >= 0.6 is 0 Å². The number of ether oxygens (including phenoxy) is 3. The van der Waals surface area contributed by atoms with E-state index >= 15 is 0 Å². The third kappa shape index (κ3) is 5.42. The first-order chi connectivity index (χ1) is 19.3. The van der Waals surface area contributed by atoms with E-state index in [-0.39, 0.29) is 41.2 Å². The zero-order valence-corrected chi connectivity index (χ0v) is 23.5. The number of methoxy groups -OCH3 is 1. The molecule has 3 heterocycles. The normalized spacial score (nSPS) is 18.5. The lowest BCUT2D eigenvalue weighted by molar-refractivity contribution is -0.127. The van der Waals surface area contributed by atoms with E-state index in [4.69, 9.17) is 14.2 Å². The summed E-state index contributed by atoms with van der Waals surface area (Å²) < 4.78 is 46.5. The lowest BCUT2D eigenvalue weighted by Gasteiger charge is -2.37. The second-order valence-corrected chi connectivity index (χ2v) is 11.1. The van der Waals surface area contributed by atoms with Crippen LogP contribution in [-0.4, -0.2) is 70.7 Å². The average molecular weight is 565 g/mol.